The van der Waals surface area contributed by atoms with Crippen molar-refractivity contribution in [3.63, 3.8) is 0 Å². The maximum Gasteiger partial charge on any atom is 0.320 e. The van der Waals surface area contributed by atoms with E-state index in [4.69, 9.17) is 10.8 Å². The van der Waals surface area contributed by atoms with Gasteiger partial charge in [0.1, 0.15) is 6.04 Å². The molecular weight excluding hydrogens is 220 g/mol. The van der Waals surface area contributed by atoms with Gasteiger partial charge in [0.2, 0.25) is 5.91 Å². The molecule has 0 spiro atoms. The van der Waals surface area contributed by atoms with E-state index in [1.165, 1.54) is 0 Å². The lowest BCUT2D eigenvalue weighted by atomic mass is 10.0. The van der Waals surface area contributed by atoms with Crippen molar-refractivity contribution in [3.8, 4) is 0 Å². The highest BCUT2D eigenvalue weighted by molar-refractivity contribution is 6.00. The molecule has 3 N–H and O–H groups in total. The first-order valence-electron chi connectivity index (χ1n) is 5.46. The Bertz CT molecular complexity index is 459. The molecular formula is C12H14N2O3. The second-order valence-corrected chi connectivity index (χ2v) is 4.07. The van der Waals surface area contributed by atoms with Crippen LogP contribution in [0.4, 0.5) is 5.69 Å². The molecule has 0 unspecified atom stereocenters. The van der Waals surface area contributed by atoms with E-state index in [1.54, 1.807) is 4.90 Å². The minimum Gasteiger partial charge on any atom is -0.480 e. The first-order valence-corrected chi connectivity index (χ1v) is 5.46. The number of carboxylic acid groups (broad SMARTS) is 1. The number of aliphatic carboxylic acids is 1. The van der Waals surface area contributed by atoms with Gasteiger partial charge in [0, 0.05) is 25.1 Å². The van der Waals surface area contributed by atoms with Crippen molar-refractivity contribution in [2.75, 3.05) is 11.4 Å². The molecule has 2 rings (SSSR count). The van der Waals surface area contributed by atoms with E-state index in [0.29, 0.717) is 13.0 Å². The number of carbonyl (C=O) groups is 2. The van der Waals surface area contributed by atoms with Crippen LogP contribution in [0.2, 0.25) is 0 Å². The van der Waals surface area contributed by atoms with Crippen LogP contribution in [0, 0.1) is 0 Å². The van der Waals surface area contributed by atoms with Gasteiger partial charge in [-0.05, 0) is 11.6 Å². The number of anilines is 1. The summed E-state index contributed by atoms with van der Waals surface area (Å²) in [6.07, 6.45) is 0.786. The standard InChI is InChI=1S/C12H14N2O3/c13-9(12(16)17)7-8-3-1-2-4-10(8)14-6-5-11(14)15/h1-4,9H,5-7,13H2,(H,16,17)/t9-/m0/s1. The summed E-state index contributed by atoms with van der Waals surface area (Å²) >= 11 is 0. The minimum absolute atomic E-state index is 0.0707. The first-order chi connectivity index (χ1) is 8.09. The van der Waals surface area contributed by atoms with Crippen molar-refractivity contribution in [1.82, 2.24) is 0 Å². The summed E-state index contributed by atoms with van der Waals surface area (Å²) in [5.74, 6) is -0.962. The van der Waals surface area contributed by atoms with Crippen LogP contribution >= 0.6 is 0 Å². The van der Waals surface area contributed by atoms with Crippen LogP contribution < -0.4 is 10.6 Å². The summed E-state index contributed by atoms with van der Waals surface area (Å²) in [7, 11) is 0. The number of nitrogens with zero attached hydrogens (tertiary/aromatic N) is 1. The molecule has 17 heavy (non-hydrogen) atoms. The van der Waals surface area contributed by atoms with Gasteiger partial charge >= 0.3 is 5.97 Å². The zero-order valence-corrected chi connectivity index (χ0v) is 9.30. The zero-order valence-electron chi connectivity index (χ0n) is 9.30. The normalized spacial score (nSPS) is 16.5. The molecule has 0 bridgehead atoms. The third-order valence-corrected chi connectivity index (χ3v) is 2.89. The van der Waals surface area contributed by atoms with E-state index in [1.807, 2.05) is 24.3 Å². The Morgan fingerprint density at radius 1 is 1.47 bits per heavy atom. The monoisotopic (exact) mass is 234 g/mol. The third-order valence-electron chi connectivity index (χ3n) is 2.89. The molecule has 1 atom stereocenters. The number of carboxylic acids is 1. The smallest absolute Gasteiger partial charge is 0.320 e. The van der Waals surface area contributed by atoms with Gasteiger partial charge in [0.25, 0.3) is 0 Å². The average molecular weight is 234 g/mol. The van der Waals surface area contributed by atoms with Crippen LogP contribution in [0.15, 0.2) is 24.3 Å². The summed E-state index contributed by atoms with van der Waals surface area (Å²) in [5, 5.41) is 8.79. The number of hydrogen-bond donors (Lipinski definition) is 2. The fourth-order valence-electron chi connectivity index (χ4n) is 1.84. The molecule has 1 amide bonds. The minimum atomic E-state index is -1.03. The molecule has 1 aliphatic rings. The zero-order chi connectivity index (χ0) is 12.4. The van der Waals surface area contributed by atoms with Crippen molar-refractivity contribution in [2.24, 2.45) is 5.73 Å². The van der Waals surface area contributed by atoms with Crippen LogP contribution in [0.25, 0.3) is 0 Å². The topological polar surface area (TPSA) is 83.6 Å². The van der Waals surface area contributed by atoms with Crippen LogP contribution in [-0.2, 0) is 16.0 Å². The lowest BCUT2D eigenvalue weighted by molar-refractivity contribution is -0.138. The highest BCUT2D eigenvalue weighted by Crippen LogP contribution is 2.26. The van der Waals surface area contributed by atoms with Gasteiger partial charge in [-0.15, -0.1) is 0 Å². The van der Waals surface area contributed by atoms with Crippen molar-refractivity contribution in [3.05, 3.63) is 29.8 Å². The number of amides is 1. The van der Waals surface area contributed by atoms with E-state index in [0.717, 1.165) is 11.3 Å². The predicted molar refractivity (Wildman–Crippen MR) is 62.7 cm³/mol. The van der Waals surface area contributed by atoms with Crippen molar-refractivity contribution in [1.29, 1.82) is 0 Å². The quantitative estimate of drug-likeness (QED) is 0.737. The highest BCUT2D eigenvalue weighted by atomic mass is 16.4. The Morgan fingerprint density at radius 2 is 2.18 bits per heavy atom. The van der Waals surface area contributed by atoms with Crippen LogP contribution in [0.3, 0.4) is 0 Å². The van der Waals surface area contributed by atoms with Gasteiger partial charge < -0.3 is 15.7 Å². The highest BCUT2D eigenvalue weighted by Gasteiger charge is 2.27. The summed E-state index contributed by atoms with van der Waals surface area (Å²) < 4.78 is 0. The second kappa shape index (κ2) is 4.55. The molecule has 5 heteroatoms. The van der Waals surface area contributed by atoms with Gasteiger partial charge in [-0.1, -0.05) is 18.2 Å². The molecule has 1 aliphatic heterocycles. The molecule has 0 radical (unpaired) electrons. The Morgan fingerprint density at radius 3 is 2.71 bits per heavy atom. The van der Waals surface area contributed by atoms with E-state index in [9.17, 15) is 9.59 Å². The Hall–Kier alpha value is -1.88. The second-order valence-electron chi connectivity index (χ2n) is 4.07. The molecule has 5 nitrogen and oxygen atoms in total. The largest absolute Gasteiger partial charge is 0.480 e. The van der Waals surface area contributed by atoms with E-state index in [-0.39, 0.29) is 12.3 Å². The Labute approximate surface area is 98.8 Å². The fourth-order valence-corrected chi connectivity index (χ4v) is 1.84. The molecule has 1 saturated heterocycles. The molecule has 1 fully saturated rings. The fraction of sp³-hybridized carbons (Fsp3) is 0.333. The van der Waals surface area contributed by atoms with Crippen LogP contribution in [0.1, 0.15) is 12.0 Å². The molecule has 1 aromatic carbocycles. The number of rotatable bonds is 4. The number of β-lactam (4-membered cyclic amide) rings is 1. The lowest BCUT2D eigenvalue weighted by Crippen LogP contribution is -2.44. The van der Waals surface area contributed by atoms with Gasteiger partial charge in [0.05, 0.1) is 0 Å². The number of benzene rings is 1. The summed E-state index contributed by atoms with van der Waals surface area (Å²) in [6.45, 7) is 0.693. The lowest BCUT2D eigenvalue weighted by Gasteiger charge is -2.32. The van der Waals surface area contributed by atoms with Crippen molar-refractivity contribution < 1.29 is 14.7 Å². The van der Waals surface area contributed by atoms with Crippen LogP contribution in [-0.4, -0.2) is 29.6 Å². The van der Waals surface area contributed by atoms with Gasteiger partial charge in [-0.2, -0.15) is 0 Å². The number of para-hydroxylation sites is 1. The SMILES string of the molecule is N[C@@H](Cc1ccccc1N1CCC1=O)C(=O)O. The average Bonchev–Trinajstić information content (AvgIpc) is 2.29. The Balaban J connectivity index is 2.21. The van der Waals surface area contributed by atoms with Gasteiger partial charge in [-0.25, -0.2) is 0 Å². The van der Waals surface area contributed by atoms with Crippen molar-refractivity contribution >= 4 is 17.6 Å². The first kappa shape index (κ1) is 11.6. The van der Waals surface area contributed by atoms with Gasteiger partial charge in [0.15, 0.2) is 0 Å². The Kier molecular flexibility index (Phi) is 3.10. The molecule has 0 saturated carbocycles. The molecule has 1 aromatic rings. The van der Waals surface area contributed by atoms with E-state index in [2.05, 4.69) is 0 Å². The van der Waals surface area contributed by atoms with Crippen LogP contribution in [0.5, 0.6) is 0 Å². The molecule has 0 aliphatic carbocycles. The molecule has 90 valence electrons. The van der Waals surface area contributed by atoms with E-state index >= 15 is 0 Å². The van der Waals surface area contributed by atoms with Crippen molar-refractivity contribution in [2.45, 2.75) is 18.9 Å². The summed E-state index contributed by atoms with van der Waals surface area (Å²) in [4.78, 5) is 23.8. The maximum absolute atomic E-state index is 11.4. The summed E-state index contributed by atoms with van der Waals surface area (Å²) in [6, 6.07) is 6.34. The maximum atomic E-state index is 11.4. The molecule has 0 aromatic heterocycles. The van der Waals surface area contributed by atoms with E-state index < -0.39 is 12.0 Å². The van der Waals surface area contributed by atoms with Gasteiger partial charge in [-0.3, -0.25) is 9.59 Å². The summed E-state index contributed by atoms with van der Waals surface area (Å²) in [5.41, 5.74) is 7.09. The molecule has 1 heterocycles. The number of carbonyl (C=O) groups excluding carboxylic acids is 1. The number of hydrogen-bond acceptors (Lipinski definition) is 3. The third kappa shape index (κ3) is 2.29. The number of nitrogens with two attached hydrogens (primary N) is 1. The predicted octanol–water partition coefficient (Wildman–Crippen LogP) is 0.378.